The van der Waals surface area contributed by atoms with Gasteiger partial charge < -0.3 is 15.8 Å². The first-order valence-corrected chi connectivity index (χ1v) is 5.56. The quantitative estimate of drug-likeness (QED) is 0.764. The lowest BCUT2D eigenvalue weighted by Crippen LogP contribution is -2.45. The van der Waals surface area contributed by atoms with Crippen LogP contribution in [0.3, 0.4) is 0 Å². The lowest BCUT2D eigenvalue weighted by atomic mass is 10.0. The van der Waals surface area contributed by atoms with E-state index in [4.69, 9.17) is 5.73 Å². The fraction of sp³-hybridized carbons (Fsp3) is 0.417. The van der Waals surface area contributed by atoms with E-state index in [1.165, 1.54) is 13.3 Å². The summed E-state index contributed by atoms with van der Waals surface area (Å²) in [6.07, 6.45) is 1.47. The number of anilines is 1. The van der Waals surface area contributed by atoms with Gasteiger partial charge in [0.2, 0.25) is 0 Å². The van der Waals surface area contributed by atoms with Crippen molar-refractivity contribution in [3.8, 4) is 0 Å². The highest BCUT2D eigenvalue weighted by Gasteiger charge is 2.26. The Morgan fingerprint density at radius 1 is 1.44 bits per heavy atom. The van der Waals surface area contributed by atoms with Gasteiger partial charge in [0.05, 0.1) is 12.8 Å². The zero-order valence-electron chi connectivity index (χ0n) is 10.6. The third kappa shape index (κ3) is 3.19. The number of rotatable bonds is 4. The predicted molar refractivity (Wildman–Crippen MR) is 66.8 cm³/mol. The summed E-state index contributed by atoms with van der Waals surface area (Å²) in [7, 11) is 1.28. The van der Waals surface area contributed by atoms with Crippen LogP contribution in [0.2, 0.25) is 0 Å². The van der Waals surface area contributed by atoms with E-state index in [1.807, 2.05) is 13.8 Å². The summed E-state index contributed by atoms with van der Waals surface area (Å²) < 4.78 is 4.64. The van der Waals surface area contributed by atoms with E-state index in [1.54, 1.807) is 12.1 Å². The number of amides is 1. The number of hydrogen-bond acceptors (Lipinski definition) is 5. The van der Waals surface area contributed by atoms with Crippen LogP contribution < -0.4 is 11.1 Å². The number of nitrogens with one attached hydrogen (secondary N) is 1. The van der Waals surface area contributed by atoms with Crippen molar-refractivity contribution in [2.75, 3.05) is 12.8 Å². The second-order valence-corrected chi connectivity index (χ2v) is 4.16. The Kier molecular flexibility index (Phi) is 4.65. The lowest BCUT2D eigenvalue weighted by Gasteiger charge is -2.19. The molecule has 0 aliphatic heterocycles. The maximum absolute atomic E-state index is 11.9. The van der Waals surface area contributed by atoms with Crippen molar-refractivity contribution in [1.29, 1.82) is 0 Å². The zero-order valence-corrected chi connectivity index (χ0v) is 10.6. The number of methoxy groups -OCH3 is 1. The highest BCUT2D eigenvalue weighted by Crippen LogP contribution is 2.09. The minimum atomic E-state index is -0.719. The molecule has 1 rings (SSSR count). The van der Waals surface area contributed by atoms with E-state index in [0.717, 1.165) is 0 Å². The number of nitrogens with two attached hydrogens (primary N) is 1. The molecule has 0 aliphatic carbocycles. The van der Waals surface area contributed by atoms with Crippen molar-refractivity contribution in [2.24, 2.45) is 5.92 Å². The first kappa shape index (κ1) is 14.0. The number of ether oxygens (including phenoxy) is 1. The summed E-state index contributed by atoms with van der Waals surface area (Å²) in [5.74, 6) is -1.07. The van der Waals surface area contributed by atoms with Gasteiger partial charge in [0.25, 0.3) is 5.91 Å². The molecule has 0 saturated carbocycles. The van der Waals surface area contributed by atoms with Crippen molar-refractivity contribution in [3.05, 3.63) is 24.0 Å². The summed E-state index contributed by atoms with van der Waals surface area (Å²) in [6.45, 7) is 3.62. The average molecular weight is 251 g/mol. The lowest BCUT2D eigenvalue weighted by molar-refractivity contribution is -0.144. The Bertz CT molecular complexity index is 446. The Morgan fingerprint density at radius 2 is 2.11 bits per heavy atom. The third-order valence-electron chi connectivity index (χ3n) is 2.46. The van der Waals surface area contributed by atoms with Crippen molar-refractivity contribution < 1.29 is 14.3 Å². The molecule has 0 aromatic carbocycles. The first-order valence-electron chi connectivity index (χ1n) is 5.56. The number of carbonyl (C=O) groups excluding carboxylic acids is 2. The Morgan fingerprint density at radius 3 is 2.61 bits per heavy atom. The zero-order chi connectivity index (χ0) is 13.7. The number of carbonyl (C=O) groups is 2. The van der Waals surface area contributed by atoms with Gasteiger partial charge in [0.15, 0.2) is 5.69 Å². The Labute approximate surface area is 106 Å². The standard InChI is InChI=1S/C12H17N3O3/c1-7(2)9(12(17)18-3)15-11(16)10-8(13)5-4-6-14-10/h4-7,9H,13H2,1-3H3,(H,15,16)/t9-/m0/s1. The number of aromatic nitrogens is 1. The SMILES string of the molecule is COC(=O)[C@@H](NC(=O)c1ncccc1N)C(C)C. The molecule has 0 spiro atoms. The maximum Gasteiger partial charge on any atom is 0.328 e. The molecule has 6 nitrogen and oxygen atoms in total. The van der Waals surface area contributed by atoms with Crippen molar-refractivity contribution in [1.82, 2.24) is 10.3 Å². The van der Waals surface area contributed by atoms with Gasteiger partial charge in [-0.3, -0.25) is 4.79 Å². The molecular formula is C12H17N3O3. The molecule has 0 bridgehead atoms. The van der Waals surface area contributed by atoms with Crippen LogP contribution in [0.5, 0.6) is 0 Å². The third-order valence-corrected chi connectivity index (χ3v) is 2.46. The minimum absolute atomic E-state index is 0.0914. The second-order valence-electron chi connectivity index (χ2n) is 4.16. The molecular weight excluding hydrogens is 234 g/mol. The highest BCUT2D eigenvalue weighted by molar-refractivity contribution is 5.99. The fourth-order valence-electron chi connectivity index (χ4n) is 1.44. The molecule has 0 saturated heterocycles. The van der Waals surface area contributed by atoms with Crippen molar-refractivity contribution in [3.63, 3.8) is 0 Å². The van der Waals surface area contributed by atoms with Crippen LogP contribution >= 0.6 is 0 Å². The van der Waals surface area contributed by atoms with Gasteiger partial charge in [-0.05, 0) is 18.1 Å². The van der Waals surface area contributed by atoms with E-state index in [2.05, 4.69) is 15.0 Å². The second kappa shape index (κ2) is 6.00. The van der Waals surface area contributed by atoms with Crippen LogP contribution in [0, 0.1) is 5.92 Å². The van der Waals surface area contributed by atoms with Gasteiger partial charge in [-0.15, -0.1) is 0 Å². The summed E-state index contributed by atoms with van der Waals surface area (Å²) in [5, 5.41) is 2.57. The van der Waals surface area contributed by atoms with Crippen LogP contribution in [0.15, 0.2) is 18.3 Å². The maximum atomic E-state index is 11.9. The van der Waals surface area contributed by atoms with Crippen LogP contribution in [-0.2, 0) is 9.53 Å². The highest BCUT2D eigenvalue weighted by atomic mass is 16.5. The number of nitrogens with zero attached hydrogens (tertiary/aromatic N) is 1. The van der Waals surface area contributed by atoms with E-state index in [9.17, 15) is 9.59 Å². The molecule has 18 heavy (non-hydrogen) atoms. The topological polar surface area (TPSA) is 94.3 Å². The van der Waals surface area contributed by atoms with Crippen molar-refractivity contribution >= 4 is 17.6 Å². The molecule has 98 valence electrons. The molecule has 6 heteroatoms. The van der Waals surface area contributed by atoms with E-state index in [-0.39, 0.29) is 17.3 Å². The van der Waals surface area contributed by atoms with E-state index < -0.39 is 17.9 Å². The van der Waals surface area contributed by atoms with Gasteiger partial charge in [-0.2, -0.15) is 0 Å². The first-order chi connectivity index (χ1) is 8.47. The monoisotopic (exact) mass is 251 g/mol. The molecule has 0 radical (unpaired) electrons. The predicted octanol–water partition coefficient (Wildman–Crippen LogP) is 0.591. The summed E-state index contributed by atoms with van der Waals surface area (Å²) in [5.41, 5.74) is 6.01. The molecule has 3 N–H and O–H groups in total. The smallest absolute Gasteiger partial charge is 0.328 e. The van der Waals surface area contributed by atoms with E-state index >= 15 is 0 Å². The number of nitrogen functional groups attached to an aromatic ring is 1. The largest absolute Gasteiger partial charge is 0.467 e. The molecule has 1 amide bonds. The fourth-order valence-corrected chi connectivity index (χ4v) is 1.44. The number of esters is 1. The van der Waals surface area contributed by atoms with Crippen LogP contribution in [-0.4, -0.2) is 30.0 Å². The van der Waals surface area contributed by atoms with Gasteiger partial charge in [0.1, 0.15) is 6.04 Å². The molecule has 0 fully saturated rings. The normalized spacial score (nSPS) is 12.0. The Hall–Kier alpha value is -2.11. The summed E-state index contributed by atoms with van der Waals surface area (Å²) >= 11 is 0. The molecule has 0 aliphatic rings. The Balaban J connectivity index is 2.86. The molecule has 1 heterocycles. The minimum Gasteiger partial charge on any atom is -0.467 e. The van der Waals surface area contributed by atoms with Crippen LogP contribution in [0.1, 0.15) is 24.3 Å². The van der Waals surface area contributed by atoms with E-state index in [0.29, 0.717) is 0 Å². The van der Waals surface area contributed by atoms with Gasteiger partial charge in [-0.25, -0.2) is 9.78 Å². The molecule has 1 aromatic rings. The number of hydrogen-bond donors (Lipinski definition) is 2. The van der Waals surface area contributed by atoms with Gasteiger partial charge in [-0.1, -0.05) is 13.8 Å². The summed E-state index contributed by atoms with van der Waals surface area (Å²) in [4.78, 5) is 27.3. The van der Waals surface area contributed by atoms with Crippen molar-refractivity contribution in [2.45, 2.75) is 19.9 Å². The van der Waals surface area contributed by atoms with Gasteiger partial charge >= 0.3 is 5.97 Å². The molecule has 0 unspecified atom stereocenters. The molecule has 1 atom stereocenters. The number of pyridine rings is 1. The van der Waals surface area contributed by atoms with Crippen LogP contribution in [0.25, 0.3) is 0 Å². The molecule has 1 aromatic heterocycles. The average Bonchev–Trinajstić information content (AvgIpc) is 2.35. The van der Waals surface area contributed by atoms with Crippen LogP contribution in [0.4, 0.5) is 5.69 Å². The summed E-state index contributed by atoms with van der Waals surface area (Å²) in [6, 6.07) is 2.49. The van der Waals surface area contributed by atoms with Gasteiger partial charge in [0, 0.05) is 6.20 Å².